The molecule has 3 N–H and O–H groups in total. The summed E-state index contributed by atoms with van der Waals surface area (Å²) < 4.78 is 0. The van der Waals surface area contributed by atoms with Crippen LogP contribution in [0.25, 0.3) is 90.9 Å². The molecule has 0 atom stereocenters. The van der Waals surface area contributed by atoms with Crippen molar-refractivity contribution in [2.45, 2.75) is 0 Å². The summed E-state index contributed by atoms with van der Waals surface area (Å²) in [6, 6.07) is 26.9. The summed E-state index contributed by atoms with van der Waals surface area (Å²) in [5.74, 6) is -0.984. The van der Waals surface area contributed by atoms with Gasteiger partial charge in [0, 0.05) is 98.2 Å². The van der Waals surface area contributed by atoms with Gasteiger partial charge < -0.3 is 15.1 Å². The van der Waals surface area contributed by atoms with Crippen molar-refractivity contribution in [1.82, 2.24) is 34.9 Å². The summed E-state index contributed by atoms with van der Waals surface area (Å²) in [5.41, 5.74) is 13.7. The van der Waals surface area contributed by atoms with Gasteiger partial charge in [-0.2, -0.15) is 0 Å². The Balaban J connectivity index is 1.46. The highest BCUT2D eigenvalue weighted by Crippen LogP contribution is 2.38. The van der Waals surface area contributed by atoms with Crippen molar-refractivity contribution < 1.29 is 9.90 Å². The molecule has 8 heterocycles. The number of carboxylic acids is 1. The summed E-state index contributed by atoms with van der Waals surface area (Å²) in [6.45, 7) is 0. The van der Waals surface area contributed by atoms with Crippen molar-refractivity contribution in [2.75, 3.05) is 0 Å². The van der Waals surface area contributed by atoms with Crippen LogP contribution in [0.3, 0.4) is 0 Å². The van der Waals surface area contributed by atoms with Gasteiger partial charge in [-0.15, -0.1) is 0 Å². The predicted octanol–water partition coefficient (Wildman–Crippen LogP) is 9.21. The van der Waals surface area contributed by atoms with Crippen LogP contribution in [0.5, 0.6) is 0 Å². The molecule has 7 aromatic rings. The van der Waals surface area contributed by atoms with Gasteiger partial charge in [0.25, 0.3) is 0 Å². The molecule has 6 aromatic heterocycles. The Labute approximate surface area is 291 Å². The highest BCUT2D eigenvalue weighted by atomic mass is 16.4. The first-order chi connectivity index (χ1) is 25.1. The van der Waals surface area contributed by atoms with Gasteiger partial charge in [-0.3, -0.25) is 15.0 Å². The lowest BCUT2D eigenvalue weighted by Gasteiger charge is -2.07. The molecule has 9 heteroatoms. The Bertz CT molecular complexity index is 2660. The lowest BCUT2D eigenvalue weighted by atomic mass is 10.0. The number of rotatable bonds is 5. The first kappa shape index (κ1) is 29.8. The summed E-state index contributed by atoms with van der Waals surface area (Å²) in [5, 5.41) is 9.62. The molecule has 51 heavy (non-hydrogen) atoms. The van der Waals surface area contributed by atoms with Crippen LogP contribution in [0.4, 0.5) is 0 Å². The Morgan fingerprint density at radius 1 is 0.451 bits per heavy atom. The summed E-state index contributed by atoms with van der Waals surface area (Å²) in [6.07, 6.45) is 18.9. The van der Waals surface area contributed by atoms with E-state index >= 15 is 0 Å². The van der Waals surface area contributed by atoms with E-state index in [9.17, 15) is 9.90 Å². The van der Waals surface area contributed by atoms with E-state index in [0.29, 0.717) is 0 Å². The monoisotopic (exact) mass is 661 g/mol. The van der Waals surface area contributed by atoms with E-state index in [1.165, 1.54) is 0 Å². The number of hydrogen-bond donors (Lipinski definition) is 3. The number of fused-ring (bicyclic) bond motifs is 8. The molecule has 0 aliphatic carbocycles. The minimum atomic E-state index is -0.984. The van der Waals surface area contributed by atoms with Gasteiger partial charge in [-0.05, 0) is 84.5 Å². The number of hydrogen-bond acceptors (Lipinski definition) is 6. The van der Waals surface area contributed by atoms with Crippen molar-refractivity contribution >= 4 is 52.3 Å². The number of aromatic amines is 2. The second kappa shape index (κ2) is 12.3. The third-order valence-corrected chi connectivity index (χ3v) is 9.03. The smallest absolute Gasteiger partial charge is 0.335 e. The Morgan fingerprint density at radius 3 is 1.12 bits per heavy atom. The number of H-pyrrole nitrogens is 2. The van der Waals surface area contributed by atoms with Gasteiger partial charge in [-0.25, -0.2) is 14.8 Å². The highest BCUT2D eigenvalue weighted by molar-refractivity contribution is 6.00. The molecule has 0 amide bonds. The zero-order valence-corrected chi connectivity index (χ0v) is 26.9. The lowest BCUT2D eigenvalue weighted by Crippen LogP contribution is -1.95. The van der Waals surface area contributed by atoms with E-state index < -0.39 is 5.97 Å². The molecule has 0 saturated heterocycles. The zero-order valence-electron chi connectivity index (χ0n) is 26.9. The molecule has 0 fully saturated rings. The van der Waals surface area contributed by atoms with Crippen LogP contribution in [0.1, 0.15) is 33.1 Å². The highest BCUT2D eigenvalue weighted by Gasteiger charge is 2.19. The van der Waals surface area contributed by atoms with E-state index in [1.807, 2.05) is 104 Å². The van der Waals surface area contributed by atoms with Crippen LogP contribution >= 0.6 is 0 Å². The van der Waals surface area contributed by atoms with Crippen molar-refractivity contribution in [2.24, 2.45) is 0 Å². The van der Waals surface area contributed by atoms with Gasteiger partial charge >= 0.3 is 5.97 Å². The number of carbonyl (C=O) groups is 1. The molecule has 0 radical (unpaired) electrons. The molecule has 9 rings (SSSR count). The van der Waals surface area contributed by atoms with Crippen LogP contribution in [0.2, 0.25) is 0 Å². The van der Waals surface area contributed by atoms with Crippen molar-refractivity contribution in [1.29, 1.82) is 0 Å². The fourth-order valence-corrected chi connectivity index (χ4v) is 6.73. The maximum atomic E-state index is 11.7. The second-order valence-electron chi connectivity index (χ2n) is 12.1. The Kier molecular flexibility index (Phi) is 7.21. The van der Waals surface area contributed by atoms with Gasteiger partial charge in [0.15, 0.2) is 0 Å². The van der Waals surface area contributed by atoms with Crippen LogP contribution < -0.4 is 0 Å². The topological polar surface area (TPSA) is 133 Å². The summed E-state index contributed by atoms with van der Waals surface area (Å²) in [7, 11) is 0. The van der Waals surface area contributed by atoms with Gasteiger partial charge in [0.2, 0.25) is 0 Å². The average Bonchev–Trinajstić information content (AvgIpc) is 4.01. The third kappa shape index (κ3) is 5.39. The maximum Gasteiger partial charge on any atom is 0.335 e. The molecule has 242 valence electrons. The van der Waals surface area contributed by atoms with Crippen LogP contribution in [0.15, 0.2) is 122 Å². The van der Waals surface area contributed by atoms with E-state index in [0.717, 1.165) is 89.4 Å². The minimum absolute atomic E-state index is 0.207. The van der Waals surface area contributed by atoms with E-state index in [-0.39, 0.29) is 5.56 Å². The molecule has 8 bridgehead atoms. The number of aromatic carboxylic acids is 1. The number of carboxylic acid groups (broad SMARTS) is 1. The summed E-state index contributed by atoms with van der Waals surface area (Å²) in [4.78, 5) is 42.9. The molecular weight excluding hydrogens is 635 g/mol. The van der Waals surface area contributed by atoms with Gasteiger partial charge in [-0.1, -0.05) is 30.3 Å². The Morgan fingerprint density at radius 2 is 0.804 bits per heavy atom. The van der Waals surface area contributed by atoms with Crippen molar-refractivity contribution in [3.05, 3.63) is 150 Å². The molecule has 2 aliphatic rings. The molecule has 2 aliphatic heterocycles. The number of nitrogens with zero attached hydrogens (tertiary/aromatic N) is 5. The fourth-order valence-electron chi connectivity index (χ4n) is 6.73. The number of benzene rings is 1. The number of pyridine rings is 3. The van der Waals surface area contributed by atoms with Gasteiger partial charge in [0.1, 0.15) is 0 Å². The quantitative estimate of drug-likeness (QED) is 0.167. The Hall–Kier alpha value is -7.26. The third-order valence-electron chi connectivity index (χ3n) is 9.03. The molecule has 1 aromatic carbocycles. The zero-order chi connectivity index (χ0) is 34.3. The van der Waals surface area contributed by atoms with Gasteiger partial charge in [0.05, 0.1) is 28.3 Å². The average molecular weight is 662 g/mol. The van der Waals surface area contributed by atoms with E-state index in [4.69, 9.17) is 9.97 Å². The van der Waals surface area contributed by atoms with Crippen molar-refractivity contribution in [3.8, 4) is 44.5 Å². The van der Waals surface area contributed by atoms with Crippen LogP contribution in [-0.2, 0) is 0 Å². The maximum absolute atomic E-state index is 11.7. The SMILES string of the molecule is O=C(O)c1ccc(-c2c3nc(c(-c4cccnc4)c4ccc([nH]4)c(-c4cccnc4)c4nc(c(-c5cccnc5)c5ccc2[nH]5)C=C4)C=C3)cc1. The number of nitrogens with one attached hydrogen (secondary N) is 2. The van der Waals surface area contributed by atoms with Crippen molar-refractivity contribution in [3.63, 3.8) is 0 Å². The molecule has 0 spiro atoms. The first-order valence-electron chi connectivity index (χ1n) is 16.3. The molecule has 0 unspecified atom stereocenters. The standard InChI is InChI=1S/C42H27N7O2/c50-42(51)26-9-7-25(8-10-26)38-30-11-13-32(46-30)39(27-4-1-19-43-22-27)34-15-17-36(48-34)41(29-6-3-21-45-24-29)37-18-16-35(49-37)40(28-5-2-20-44-23-28)33-14-12-31(38)47-33/h1-24,46,49H,(H,50,51). The van der Waals surface area contributed by atoms with Crippen LogP contribution in [-0.4, -0.2) is 46.0 Å². The minimum Gasteiger partial charge on any atom is -0.478 e. The molecule has 9 nitrogen and oxygen atoms in total. The van der Waals surface area contributed by atoms with E-state index in [1.54, 1.807) is 30.7 Å². The first-order valence-corrected chi connectivity index (χ1v) is 16.3. The molecule has 0 saturated carbocycles. The summed E-state index contributed by atoms with van der Waals surface area (Å²) >= 11 is 0. The normalized spacial score (nSPS) is 11.9. The van der Waals surface area contributed by atoms with Crippen LogP contribution in [0, 0.1) is 0 Å². The predicted molar refractivity (Wildman–Crippen MR) is 201 cm³/mol. The second-order valence-corrected chi connectivity index (χ2v) is 12.1. The fraction of sp³-hybridized carbons (Fsp3) is 0. The van der Waals surface area contributed by atoms with E-state index in [2.05, 4.69) is 37.1 Å². The molecular formula is C42H27N7O2. The number of aromatic nitrogens is 7. The lowest BCUT2D eigenvalue weighted by molar-refractivity contribution is 0.0697. The largest absolute Gasteiger partial charge is 0.478 e.